The Labute approximate surface area is 107 Å². The zero-order valence-corrected chi connectivity index (χ0v) is 10.6. The Balaban J connectivity index is 1.95. The number of hydrogen-bond acceptors (Lipinski definition) is 3. The van der Waals surface area contributed by atoms with Crippen LogP contribution in [0.1, 0.15) is 25.7 Å². The molecule has 1 aromatic rings. The van der Waals surface area contributed by atoms with E-state index < -0.39 is 0 Å². The van der Waals surface area contributed by atoms with E-state index in [4.69, 9.17) is 4.74 Å². The number of rotatable bonds is 3. The molecular formula is C14H19NO3. The van der Waals surface area contributed by atoms with Gasteiger partial charge in [0.25, 0.3) is 0 Å². The van der Waals surface area contributed by atoms with Crippen LogP contribution < -0.4 is 4.90 Å². The number of hydrogen-bond donors (Lipinski definition) is 1. The quantitative estimate of drug-likeness (QED) is 0.894. The van der Waals surface area contributed by atoms with Gasteiger partial charge in [-0.3, -0.25) is 4.79 Å². The predicted molar refractivity (Wildman–Crippen MR) is 69.7 cm³/mol. The number of phenolic OH excluding ortho intramolecular Hbond substituents is 1. The molecule has 0 radical (unpaired) electrons. The molecular weight excluding hydrogens is 230 g/mol. The van der Waals surface area contributed by atoms with Crippen LogP contribution in [-0.4, -0.2) is 30.8 Å². The second kappa shape index (κ2) is 5.87. The Morgan fingerprint density at radius 3 is 3.00 bits per heavy atom. The molecule has 1 fully saturated rings. The van der Waals surface area contributed by atoms with Crippen molar-refractivity contribution in [1.29, 1.82) is 0 Å². The Hall–Kier alpha value is -1.55. The van der Waals surface area contributed by atoms with Gasteiger partial charge in [0.05, 0.1) is 12.5 Å². The van der Waals surface area contributed by atoms with Gasteiger partial charge in [-0.15, -0.1) is 0 Å². The molecule has 0 spiro atoms. The zero-order chi connectivity index (χ0) is 13.0. The molecule has 0 bridgehead atoms. The van der Waals surface area contributed by atoms with E-state index in [1.54, 1.807) is 36.2 Å². The van der Waals surface area contributed by atoms with Crippen LogP contribution in [0.15, 0.2) is 24.3 Å². The van der Waals surface area contributed by atoms with Crippen LogP contribution in [0.4, 0.5) is 5.69 Å². The number of ether oxygens (including phenoxy) is 1. The summed E-state index contributed by atoms with van der Waals surface area (Å²) in [5.41, 5.74) is 0.704. The number of benzene rings is 1. The molecule has 18 heavy (non-hydrogen) atoms. The van der Waals surface area contributed by atoms with E-state index in [0.717, 1.165) is 25.9 Å². The van der Waals surface area contributed by atoms with E-state index in [9.17, 15) is 9.90 Å². The lowest BCUT2D eigenvalue weighted by Gasteiger charge is -2.25. The highest BCUT2D eigenvalue weighted by molar-refractivity contribution is 5.93. The van der Waals surface area contributed by atoms with Crippen molar-refractivity contribution in [3.8, 4) is 5.75 Å². The fourth-order valence-electron chi connectivity index (χ4n) is 2.15. The molecule has 1 heterocycles. The van der Waals surface area contributed by atoms with Crippen LogP contribution in [0, 0.1) is 0 Å². The smallest absolute Gasteiger partial charge is 0.229 e. The fourth-order valence-corrected chi connectivity index (χ4v) is 2.15. The summed E-state index contributed by atoms with van der Waals surface area (Å²) in [4.78, 5) is 13.7. The van der Waals surface area contributed by atoms with Crippen LogP contribution >= 0.6 is 0 Å². The second-order valence-corrected chi connectivity index (χ2v) is 4.67. The Morgan fingerprint density at radius 2 is 2.33 bits per heavy atom. The van der Waals surface area contributed by atoms with Gasteiger partial charge in [0.15, 0.2) is 0 Å². The topological polar surface area (TPSA) is 49.8 Å². The third-order valence-electron chi connectivity index (χ3n) is 3.27. The summed E-state index contributed by atoms with van der Waals surface area (Å²) in [5, 5.41) is 9.40. The first kappa shape index (κ1) is 12.9. The lowest BCUT2D eigenvalue weighted by molar-refractivity contribution is -0.122. The van der Waals surface area contributed by atoms with Crippen molar-refractivity contribution in [2.45, 2.75) is 31.8 Å². The Kier molecular flexibility index (Phi) is 4.20. The van der Waals surface area contributed by atoms with Gasteiger partial charge in [0, 0.05) is 25.4 Å². The maximum Gasteiger partial charge on any atom is 0.229 e. The van der Waals surface area contributed by atoms with E-state index in [0.29, 0.717) is 12.1 Å². The van der Waals surface area contributed by atoms with E-state index >= 15 is 0 Å². The maximum atomic E-state index is 12.1. The third kappa shape index (κ3) is 3.23. The molecule has 98 valence electrons. The van der Waals surface area contributed by atoms with E-state index in [1.165, 1.54) is 0 Å². The number of phenols is 1. The van der Waals surface area contributed by atoms with Gasteiger partial charge in [-0.2, -0.15) is 0 Å². The van der Waals surface area contributed by atoms with E-state index in [1.807, 2.05) is 0 Å². The number of aromatic hydroxyl groups is 1. The summed E-state index contributed by atoms with van der Waals surface area (Å²) in [6.07, 6.45) is 3.64. The summed E-state index contributed by atoms with van der Waals surface area (Å²) in [7, 11) is 1.72. The van der Waals surface area contributed by atoms with Crippen molar-refractivity contribution in [2.75, 3.05) is 18.6 Å². The largest absolute Gasteiger partial charge is 0.508 e. The molecule has 4 nitrogen and oxygen atoms in total. The van der Waals surface area contributed by atoms with Crippen molar-refractivity contribution in [2.24, 2.45) is 0 Å². The molecule has 1 aromatic carbocycles. The molecule has 0 aliphatic carbocycles. The SMILES string of the molecule is CN(C(=O)CC1CCCCO1)c1cccc(O)c1. The van der Waals surface area contributed by atoms with Crippen molar-refractivity contribution >= 4 is 11.6 Å². The molecule has 2 rings (SSSR count). The van der Waals surface area contributed by atoms with Gasteiger partial charge < -0.3 is 14.7 Å². The average Bonchev–Trinajstić information content (AvgIpc) is 2.39. The monoisotopic (exact) mass is 249 g/mol. The number of carbonyl (C=O) groups excluding carboxylic acids is 1. The number of amides is 1. The Morgan fingerprint density at radius 1 is 1.50 bits per heavy atom. The summed E-state index contributed by atoms with van der Waals surface area (Å²) in [6, 6.07) is 6.70. The predicted octanol–water partition coefficient (Wildman–Crippen LogP) is 2.31. The summed E-state index contributed by atoms with van der Waals surface area (Å²) >= 11 is 0. The lowest BCUT2D eigenvalue weighted by atomic mass is 10.1. The highest BCUT2D eigenvalue weighted by atomic mass is 16.5. The van der Waals surface area contributed by atoms with E-state index in [-0.39, 0.29) is 17.8 Å². The molecule has 1 aliphatic heterocycles. The van der Waals surface area contributed by atoms with Crippen LogP contribution in [0.5, 0.6) is 5.75 Å². The van der Waals surface area contributed by atoms with Crippen molar-refractivity contribution in [1.82, 2.24) is 0 Å². The van der Waals surface area contributed by atoms with Gasteiger partial charge in [-0.1, -0.05) is 6.07 Å². The molecule has 1 amide bonds. The zero-order valence-electron chi connectivity index (χ0n) is 10.6. The highest BCUT2D eigenvalue weighted by Gasteiger charge is 2.20. The second-order valence-electron chi connectivity index (χ2n) is 4.67. The normalized spacial score (nSPS) is 19.5. The molecule has 0 aromatic heterocycles. The average molecular weight is 249 g/mol. The van der Waals surface area contributed by atoms with Gasteiger partial charge in [0.2, 0.25) is 5.91 Å². The highest BCUT2D eigenvalue weighted by Crippen LogP contribution is 2.21. The molecule has 4 heteroatoms. The molecule has 1 unspecified atom stereocenters. The van der Waals surface area contributed by atoms with Crippen LogP contribution in [0.25, 0.3) is 0 Å². The Bertz CT molecular complexity index is 413. The van der Waals surface area contributed by atoms with Gasteiger partial charge >= 0.3 is 0 Å². The first-order valence-corrected chi connectivity index (χ1v) is 6.34. The fraction of sp³-hybridized carbons (Fsp3) is 0.500. The number of carbonyl (C=O) groups is 1. The van der Waals surface area contributed by atoms with Crippen LogP contribution in [0.3, 0.4) is 0 Å². The molecule has 1 aliphatic rings. The number of anilines is 1. The van der Waals surface area contributed by atoms with Crippen molar-refractivity contribution in [3.63, 3.8) is 0 Å². The lowest BCUT2D eigenvalue weighted by Crippen LogP contribution is -2.32. The third-order valence-corrected chi connectivity index (χ3v) is 3.27. The molecule has 1 N–H and O–H groups in total. The van der Waals surface area contributed by atoms with Gasteiger partial charge in [-0.05, 0) is 31.4 Å². The minimum absolute atomic E-state index is 0.0208. The minimum atomic E-state index is 0.0208. The van der Waals surface area contributed by atoms with Gasteiger partial charge in [0.1, 0.15) is 5.75 Å². The molecule has 0 saturated carbocycles. The maximum absolute atomic E-state index is 12.1. The summed E-state index contributed by atoms with van der Waals surface area (Å²) in [5.74, 6) is 0.188. The summed E-state index contributed by atoms with van der Waals surface area (Å²) < 4.78 is 5.56. The first-order valence-electron chi connectivity index (χ1n) is 6.34. The van der Waals surface area contributed by atoms with Crippen LogP contribution in [0.2, 0.25) is 0 Å². The first-order chi connectivity index (χ1) is 8.66. The summed E-state index contributed by atoms with van der Waals surface area (Å²) in [6.45, 7) is 0.758. The standard InChI is InChI=1S/C14H19NO3/c1-15(11-5-4-6-12(16)9-11)14(17)10-13-7-2-3-8-18-13/h4-6,9,13,16H,2-3,7-8,10H2,1H3. The molecule has 1 atom stereocenters. The van der Waals surface area contributed by atoms with Crippen LogP contribution in [-0.2, 0) is 9.53 Å². The van der Waals surface area contributed by atoms with E-state index in [2.05, 4.69) is 0 Å². The van der Waals surface area contributed by atoms with Crippen molar-refractivity contribution in [3.05, 3.63) is 24.3 Å². The van der Waals surface area contributed by atoms with Gasteiger partial charge in [-0.25, -0.2) is 0 Å². The molecule has 1 saturated heterocycles. The minimum Gasteiger partial charge on any atom is -0.508 e. The number of nitrogens with zero attached hydrogens (tertiary/aromatic N) is 1. The van der Waals surface area contributed by atoms with Crippen molar-refractivity contribution < 1.29 is 14.6 Å².